The summed E-state index contributed by atoms with van der Waals surface area (Å²) < 4.78 is 17.9. The molecule has 2 aromatic carbocycles. The van der Waals surface area contributed by atoms with Crippen LogP contribution >= 0.6 is 0 Å². The van der Waals surface area contributed by atoms with Crippen molar-refractivity contribution in [2.45, 2.75) is 49.9 Å². The fraction of sp³-hybridized carbons (Fsp3) is 0.419. The largest absolute Gasteiger partial charge is 0.464 e. The van der Waals surface area contributed by atoms with E-state index in [-0.39, 0.29) is 30.1 Å². The smallest absolute Gasteiger partial charge is 0.288 e. The van der Waals surface area contributed by atoms with Gasteiger partial charge in [0.05, 0.1) is 19.5 Å². The van der Waals surface area contributed by atoms with Crippen molar-refractivity contribution in [3.05, 3.63) is 78.3 Å². The fourth-order valence-electron chi connectivity index (χ4n) is 6.11. The number of rotatable bonds is 8. The van der Waals surface area contributed by atoms with Crippen molar-refractivity contribution >= 4 is 28.5 Å². The van der Waals surface area contributed by atoms with Gasteiger partial charge >= 0.3 is 0 Å². The molecule has 2 fully saturated rings. The number of hydrogen-bond donors (Lipinski definition) is 2. The van der Waals surface area contributed by atoms with E-state index < -0.39 is 11.8 Å². The van der Waals surface area contributed by atoms with Gasteiger partial charge < -0.3 is 34.1 Å². The summed E-state index contributed by atoms with van der Waals surface area (Å²) >= 11 is 0. The van der Waals surface area contributed by atoms with Gasteiger partial charge in [0.15, 0.2) is 5.76 Å². The van der Waals surface area contributed by atoms with Gasteiger partial charge in [0.1, 0.15) is 11.1 Å². The molecule has 1 aromatic heterocycles. The van der Waals surface area contributed by atoms with Crippen LogP contribution in [0.4, 0.5) is 5.69 Å². The Labute approximate surface area is 233 Å². The van der Waals surface area contributed by atoms with Gasteiger partial charge in [-0.2, -0.15) is 0 Å². The molecule has 2 saturated heterocycles. The predicted octanol–water partition coefficient (Wildman–Crippen LogP) is 3.89. The first-order valence-corrected chi connectivity index (χ1v) is 14.1. The van der Waals surface area contributed by atoms with Crippen LogP contribution < -0.4 is 10.2 Å². The number of nitrogens with zero attached hydrogens (tertiary/aromatic N) is 2. The van der Waals surface area contributed by atoms with E-state index in [1.54, 1.807) is 11.2 Å². The number of benzene rings is 2. The number of carbonyl (C=O) groups excluding carboxylic acids is 2. The standard InChI is InChI=1S/C31H35N3O6/c35-16-6-7-17-38-28-19-22(25-20-39-26-11-5-4-10-24(25)26)18-27(40-28)29(36)33-14-12-31(13-15-33)30(37)32-21-34(31)23-8-2-1-3-9-23/h1-5,8-11,18,20,22,28,35H,6-7,12-17,19,21H2,(H,32,37)/t22-,28+/m1/s1. The summed E-state index contributed by atoms with van der Waals surface area (Å²) in [6.07, 6.45) is 6.01. The first-order chi connectivity index (χ1) is 19.6. The van der Waals surface area contributed by atoms with Crippen LogP contribution in [0.1, 0.15) is 43.6 Å². The summed E-state index contributed by atoms with van der Waals surface area (Å²) in [6.45, 7) is 1.89. The highest BCUT2D eigenvalue weighted by molar-refractivity contribution is 5.95. The van der Waals surface area contributed by atoms with E-state index in [0.717, 1.165) is 22.2 Å². The van der Waals surface area contributed by atoms with E-state index in [1.807, 2.05) is 60.7 Å². The lowest BCUT2D eigenvalue weighted by atomic mass is 9.85. The zero-order valence-corrected chi connectivity index (χ0v) is 22.5. The third kappa shape index (κ3) is 4.95. The van der Waals surface area contributed by atoms with Crippen molar-refractivity contribution in [2.75, 3.05) is 37.9 Å². The second-order valence-electron chi connectivity index (χ2n) is 10.7. The Balaban J connectivity index is 1.20. The summed E-state index contributed by atoms with van der Waals surface area (Å²) in [5, 5.41) is 13.1. The number of ether oxygens (including phenoxy) is 2. The van der Waals surface area contributed by atoms with Gasteiger partial charge in [-0.3, -0.25) is 9.59 Å². The van der Waals surface area contributed by atoms with E-state index in [2.05, 4.69) is 10.2 Å². The summed E-state index contributed by atoms with van der Waals surface area (Å²) in [5.74, 6) is -0.0364. The number of aliphatic hydroxyl groups excluding tert-OH is 1. The second-order valence-corrected chi connectivity index (χ2v) is 10.7. The molecule has 40 heavy (non-hydrogen) atoms. The highest BCUT2D eigenvalue weighted by atomic mass is 16.7. The molecule has 3 aromatic rings. The molecule has 0 saturated carbocycles. The molecule has 210 valence electrons. The molecule has 2 amide bonds. The lowest BCUT2D eigenvalue weighted by Crippen LogP contribution is -2.57. The maximum Gasteiger partial charge on any atom is 0.288 e. The number of unbranched alkanes of at least 4 members (excludes halogenated alkanes) is 1. The number of aliphatic hydroxyl groups is 1. The Morgan fingerprint density at radius 2 is 1.85 bits per heavy atom. The number of para-hydroxylation sites is 2. The van der Waals surface area contributed by atoms with Crippen LogP contribution in [0.5, 0.6) is 0 Å². The highest BCUT2D eigenvalue weighted by Crippen LogP contribution is 2.39. The van der Waals surface area contributed by atoms with E-state index in [9.17, 15) is 9.59 Å². The van der Waals surface area contributed by atoms with Crippen molar-refractivity contribution in [3.63, 3.8) is 0 Å². The van der Waals surface area contributed by atoms with E-state index in [0.29, 0.717) is 58.5 Å². The Morgan fingerprint density at radius 1 is 1.07 bits per heavy atom. The zero-order chi connectivity index (χ0) is 27.5. The molecule has 0 unspecified atom stereocenters. The molecular formula is C31H35N3O6. The maximum atomic E-state index is 13.8. The van der Waals surface area contributed by atoms with Crippen molar-refractivity contribution in [1.82, 2.24) is 10.2 Å². The topological polar surface area (TPSA) is 104 Å². The number of fused-ring (bicyclic) bond motifs is 1. The molecule has 0 bridgehead atoms. The molecule has 6 rings (SSSR count). The third-order valence-electron chi connectivity index (χ3n) is 8.32. The Hall–Kier alpha value is -3.82. The summed E-state index contributed by atoms with van der Waals surface area (Å²) in [4.78, 5) is 30.8. The number of allylic oxidation sites excluding steroid dienone is 1. The first kappa shape index (κ1) is 26.4. The number of amides is 2. The normalized spacial score (nSPS) is 22.3. The van der Waals surface area contributed by atoms with Crippen LogP contribution in [0, 0.1) is 0 Å². The van der Waals surface area contributed by atoms with Crippen molar-refractivity contribution in [2.24, 2.45) is 0 Å². The van der Waals surface area contributed by atoms with Crippen LogP contribution in [-0.2, 0) is 19.1 Å². The minimum atomic E-state index is -0.670. The number of piperidine rings is 1. The number of likely N-dealkylation sites (tertiary alicyclic amines) is 1. The second kappa shape index (κ2) is 11.3. The molecule has 1 spiro atoms. The average Bonchev–Trinajstić information content (AvgIpc) is 3.57. The number of carbonyl (C=O) groups is 2. The number of anilines is 1. The van der Waals surface area contributed by atoms with Gasteiger partial charge in [0, 0.05) is 48.7 Å². The molecule has 9 heteroatoms. The van der Waals surface area contributed by atoms with E-state index in [1.165, 1.54) is 0 Å². The van der Waals surface area contributed by atoms with Crippen LogP contribution in [0.25, 0.3) is 11.0 Å². The summed E-state index contributed by atoms with van der Waals surface area (Å²) in [7, 11) is 0. The quantitative estimate of drug-likeness (QED) is 0.414. The minimum absolute atomic E-state index is 0.0137. The first-order valence-electron chi connectivity index (χ1n) is 14.1. The van der Waals surface area contributed by atoms with Crippen molar-refractivity contribution in [3.8, 4) is 0 Å². The Bertz CT molecular complexity index is 1380. The van der Waals surface area contributed by atoms with Crippen LogP contribution in [0.15, 0.2) is 77.1 Å². The SMILES string of the molecule is O=C(C1=C[C@@H](c2coc3ccccc23)C[C@@H](OCCCCO)O1)N1CCC2(CC1)C(=O)NCN2c1ccccc1. The molecule has 3 aliphatic rings. The minimum Gasteiger partial charge on any atom is -0.464 e. The van der Waals surface area contributed by atoms with Gasteiger partial charge in [0.25, 0.3) is 5.91 Å². The van der Waals surface area contributed by atoms with E-state index >= 15 is 0 Å². The van der Waals surface area contributed by atoms with Crippen LogP contribution in [0.2, 0.25) is 0 Å². The lowest BCUT2D eigenvalue weighted by Gasteiger charge is -2.43. The monoisotopic (exact) mass is 545 g/mol. The van der Waals surface area contributed by atoms with Gasteiger partial charge in [-0.15, -0.1) is 0 Å². The summed E-state index contributed by atoms with van der Waals surface area (Å²) in [5.41, 5.74) is 2.11. The molecule has 0 aliphatic carbocycles. The van der Waals surface area contributed by atoms with Crippen molar-refractivity contribution < 1.29 is 28.6 Å². The average molecular weight is 546 g/mol. The predicted molar refractivity (Wildman–Crippen MR) is 149 cm³/mol. The third-order valence-corrected chi connectivity index (χ3v) is 8.32. The maximum absolute atomic E-state index is 13.8. The number of furan rings is 1. The van der Waals surface area contributed by atoms with Gasteiger partial charge in [0.2, 0.25) is 12.2 Å². The van der Waals surface area contributed by atoms with Crippen LogP contribution in [-0.4, -0.2) is 66.6 Å². The van der Waals surface area contributed by atoms with Gasteiger partial charge in [-0.25, -0.2) is 0 Å². The number of nitrogens with one attached hydrogen (secondary N) is 1. The van der Waals surface area contributed by atoms with Crippen LogP contribution in [0.3, 0.4) is 0 Å². The van der Waals surface area contributed by atoms with E-state index in [4.69, 9.17) is 19.0 Å². The van der Waals surface area contributed by atoms with Gasteiger partial charge in [-0.05, 0) is 50.0 Å². The zero-order valence-electron chi connectivity index (χ0n) is 22.5. The molecule has 3 aliphatic heterocycles. The van der Waals surface area contributed by atoms with Gasteiger partial charge in [-0.1, -0.05) is 36.4 Å². The summed E-state index contributed by atoms with van der Waals surface area (Å²) in [6, 6.07) is 17.8. The molecule has 0 radical (unpaired) electrons. The van der Waals surface area contributed by atoms with Crippen molar-refractivity contribution in [1.29, 1.82) is 0 Å². The Morgan fingerprint density at radius 3 is 2.65 bits per heavy atom. The molecule has 9 nitrogen and oxygen atoms in total. The number of hydrogen-bond acceptors (Lipinski definition) is 7. The molecule has 2 N–H and O–H groups in total. The molecule has 2 atom stereocenters. The molecule has 4 heterocycles. The lowest BCUT2D eigenvalue weighted by molar-refractivity contribution is -0.154. The highest BCUT2D eigenvalue weighted by Gasteiger charge is 2.51. The molecular weight excluding hydrogens is 510 g/mol. The fourth-order valence-corrected chi connectivity index (χ4v) is 6.11. The Kier molecular flexibility index (Phi) is 7.49.